The Balaban J connectivity index is 1.60. The summed E-state index contributed by atoms with van der Waals surface area (Å²) in [5.74, 6) is 0.264. The van der Waals surface area contributed by atoms with Crippen molar-refractivity contribution in [2.45, 2.75) is 13.1 Å². The molecule has 0 radical (unpaired) electrons. The van der Waals surface area contributed by atoms with Crippen LogP contribution in [0, 0.1) is 0 Å². The van der Waals surface area contributed by atoms with Crippen molar-refractivity contribution >= 4 is 5.69 Å². The van der Waals surface area contributed by atoms with Crippen LogP contribution < -0.4 is 5.32 Å². The molecule has 1 aromatic heterocycles. The smallest absolute Gasteiger partial charge is 0.117 e. The van der Waals surface area contributed by atoms with E-state index >= 15 is 0 Å². The number of aromatic nitrogens is 2. The van der Waals surface area contributed by atoms with Gasteiger partial charge in [-0.3, -0.25) is 4.68 Å². The van der Waals surface area contributed by atoms with Crippen molar-refractivity contribution in [3.8, 4) is 5.75 Å². The van der Waals surface area contributed by atoms with Crippen LogP contribution in [0.25, 0.3) is 0 Å². The highest BCUT2D eigenvalue weighted by atomic mass is 16.3. The molecule has 0 unspecified atom stereocenters. The molecule has 4 nitrogen and oxygen atoms in total. The SMILES string of the molecule is Oc1cccc(NCc2cnn(Cc3ccccc3)c2)c1. The predicted molar refractivity (Wildman–Crippen MR) is 83.2 cm³/mol. The summed E-state index contributed by atoms with van der Waals surface area (Å²) in [6.45, 7) is 1.45. The van der Waals surface area contributed by atoms with Crippen molar-refractivity contribution < 1.29 is 5.11 Å². The van der Waals surface area contributed by atoms with E-state index in [2.05, 4.69) is 22.5 Å². The monoisotopic (exact) mass is 279 g/mol. The Bertz CT molecular complexity index is 707. The highest BCUT2D eigenvalue weighted by molar-refractivity contribution is 5.47. The van der Waals surface area contributed by atoms with Crippen LogP contribution in [-0.4, -0.2) is 14.9 Å². The van der Waals surface area contributed by atoms with E-state index in [1.165, 1.54) is 5.56 Å². The van der Waals surface area contributed by atoms with Gasteiger partial charge in [0.2, 0.25) is 0 Å². The molecule has 0 bridgehead atoms. The maximum absolute atomic E-state index is 9.42. The average molecular weight is 279 g/mol. The van der Waals surface area contributed by atoms with E-state index in [1.54, 1.807) is 12.1 Å². The number of rotatable bonds is 5. The first-order valence-corrected chi connectivity index (χ1v) is 6.88. The summed E-state index contributed by atoms with van der Waals surface area (Å²) in [6, 6.07) is 17.4. The van der Waals surface area contributed by atoms with Gasteiger partial charge in [-0.2, -0.15) is 5.10 Å². The maximum Gasteiger partial charge on any atom is 0.117 e. The van der Waals surface area contributed by atoms with Gasteiger partial charge in [0, 0.05) is 30.1 Å². The predicted octanol–water partition coefficient (Wildman–Crippen LogP) is 3.25. The fourth-order valence-electron chi connectivity index (χ4n) is 2.17. The maximum atomic E-state index is 9.42. The van der Waals surface area contributed by atoms with Crippen molar-refractivity contribution in [1.29, 1.82) is 0 Å². The van der Waals surface area contributed by atoms with Crippen molar-refractivity contribution in [2.75, 3.05) is 5.32 Å². The van der Waals surface area contributed by atoms with Crippen molar-refractivity contribution in [2.24, 2.45) is 0 Å². The summed E-state index contributed by atoms with van der Waals surface area (Å²) in [6.07, 6.45) is 3.89. The largest absolute Gasteiger partial charge is 0.508 e. The van der Waals surface area contributed by atoms with Crippen LogP contribution >= 0.6 is 0 Å². The minimum atomic E-state index is 0.264. The Hall–Kier alpha value is -2.75. The summed E-state index contributed by atoms with van der Waals surface area (Å²) >= 11 is 0. The van der Waals surface area contributed by atoms with Gasteiger partial charge in [0.1, 0.15) is 5.75 Å². The Morgan fingerprint density at radius 3 is 2.67 bits per heavy atom. The number of hydrogen-bond donors (Lipinski definition) is 2. The molecule has 106 valence electrons. The summed E-state index contributed by atoms with van der Waals surface area (Å²) in [5, 5.41) is 17.1. The number of benzene rings is 2. The van der Waals surface area contributed by atoms with E-state index in [0.717, 1.165) is 17.8 Å². The van der Waals surface area contributed by atoms with Crippen molar-refractivity contribution in [1.82, 2.24) is 9.78 Å². The van der Waals surface area contributed by atoms with E-state index < -0.39 is 0 Å². The lowest BCUT2D eigenvalue weighted by Crippen LogP contribution is -2.00. The Labute approximate surface area is 123 Å². The first-order valence-electron chi connectivity index (χ1n) is 6.88. The number of nitrogens with zero attached hydrogens (tertiary/aromatic N) is 2. The first kappa shape index (κ1) is 13.2. The van der Waals surface area contributed by atoms with Gasteiger partial charge >= 0.3 is 0 Å². The molecular weight excluding hydrogens is 262 g/mol. The number of phenolic OH excluding ortho intramolecular Hbond substituents is 1. The number of phenols is 1. The van der Waals surface area contributed by atoms with E-state index in [0.29, 0.717) is 6.54 Å². The zero-order chi connectivity index (χ0) is 14.5. The first-order chi connectivity index (χ1) is 10.3. The molecule has 0 spiro atoms. The van der Waals surface area contributed by atoms with Gasteiger partial charge in [-0.05, 0) is 17.7 Å². The Morgan fingerprint density at radius 2 is 1.86 bits per heavy atom. The quantitative estimate of drug-likeness (QED) is 0.753. The van der Waals surface area contributed by atoms with Crippen LogP contribution in [0.5, 0.6) is 5.75 Å². The van der Waals surface area contributed by atoms with Crippen LogP contribution in [0.1, 0.15) is 11.1 Å². The minimum absolute atomic E-state index is 0.264. The summed E-state index contributed by atoms with van der Waals surface area (Å²) in [5.41, 5.74) is 3.23. The van der Waals surface area contributed by atoms with Gasteiger partial charge in [-0.25, -0.2) is 0 Å². The molecule has 2 aromatic carbocycles. The van der Waals surface area contributed by atoms with Gasteiger partial charge in [-0.1, -0.05) is 36.4 Å². The zero-order valence-electron chi connectivity index (χ0n) is 11.6. The van der Waals surface area contributed by atoms with Crippen LogP contribution in [0.4, 0.5) is 5.69 Å². The third kappa shape index (κ3) is 3.63. The highest BCUT2D eigenvalue weighted by Crippen LogP contribution is 2.16. The van der Waals surface area contributed by atoms with Gasteiger partial charge in [-0.15, -0.1) is 0 Å². The molecule has 3 aromatic rings. The normalized spacial score (nSPS) is 10.5. The molecule has 4 heteroatoms. The van der Waals surface area contributed by atoms with E-state index in [9.17, 15) is 5.11 Å². The molecule has 0 aliphatic heterocycles. The lowest BCUT2D eigenvalue weighted by atomic mass is 10.2. The second-order valence-electron chi connectivity index (χ2n) is 4.94. The standard InChI is InChI=1S/C17H17N3O/c21-17-8-4-7-16(9-17)18-10-15-11-19-20(13-15)12-14-5-2-1-3-6-14/h1-9,11,13,18,21H,10,12H2. The van der Waals surface area contributed by atoms with E-state index in [1.807, 2.05) is 47.4 Å². The number of nitrogens with one attached hydrogen (secondary N) is 1. The summed E-state index contributed by atoms with van der Waals surface area (Å²) in [7, 11) is 0. The molecule has 2 N–H and O–H groups in total. The number of anilines is 1. The lowest BCUT2D eigenvalue weighted by molar-refractivity contribution is 0.475. The molecule has 1 heterocycles. The van der Waals surface area contributed by atoms with Crippen molar-refractivity contribution in [3.05, 3.63) is 78.1 Å². The molecule has 0 fully saturated rings. The van der Waals surface area contributed by atoms with Crippen LogP contribution in [0.3, 0.4) is 0 Å². The molecule has 21 heavy (non-hydrogen) atoms. The molecule has 3 rings (SSSR count). The minimum Gasteiger partial charge on any atom is -0.508 e. The summed E-state index contributed by atoms with van der Waals surface area (Å²) in [4.78, 5) is 0. The van der Waals surface area contributed by atoms with Crippen LogP contribution in [0.2, 0.25) is 0 Å². The number of aromatic hydroxyl groups is 1. The fraction of sp³-hybridized carbons (Fsp3) is 0.118. The zero-order valence-corrected chi connectivity index (χ0v) is 11.6. The molecule has 0 aliphatic rings. The molecule has 0 atom stereocenters. The topological polar surface area (TPSA) is 50.1 Å². The van der Waals surface area contributed by atoms with Gasteiger partial charge < -0.3 is 10.4 Å². The van der Waals surface area contributed by atoms with Crippen molar-refractivity contribution in [3.63, 3.8) is 0 Å². The van der Waals surface area contributed by atoms with Crippen LogP contribution in [0.15, 0.2) is 67.0 Å². The van der Waals surface area contributed by atoms with Gasteiger partial charge in [0.15, 0.2) is 0 Å². The van der Waals surface area contributed by atoms with Gasteiger partial charge in [0.25, 0.3) is 0 Å². The molecule has 0 saturated carbocycles. The molecule has 0 saturated heterocycles. The second-order valence-corrected chi connectivity index (χ2v) is 4.94. The Morgan fingerprint density at radius 1 is 1.00 bits per heavy atom. The molecule has 0 aliphatic carbocycles. The van der Waals surface area contributed by atoms with Crippen LogP contribution in [-0.2, 0) is 13.1 Å². The summed E-state index contributed by atoms with van der Waals surface area (Å²) < 4.78 is 1.93. The third-order valence-corrected chi connectivity index (χ3v) is 3.22. The number of hydrogen-bond acceptors (Lipinski definition) is 3. The average Bonchev–Trinajstić information content (AvgIpc) is 2.94. The molecule has 0 amide bonds. The van der Waals surface area contributed by atoms with Gasteiger partial charge in [0.05, 0.1) is 12.7 Å². The van der Waals surface area contributed by atoms with E-state index in [-0.39, 0.29) is 5.75 Å². The highest BCUT2D eigenvalue weighted by Gasteiger charge is 2.00. The fourth-order valence-corrected chi connectivity index (χ4v) is 2.17. The molecular formula is C17H17N3O. The third-order valence-electron chi connectivity index (χ3n) is 3.22. The Kier molecular flexibility index (Phi) is 3.87. The second kappa shape index (κ2) is 6.13. The lowest BCUT2D eigenvalue weighted by Gasteiger charge is -2.05. The van der Waals surface area contributed by atoms with E-state index in [4.69, 9.17) is 0 Å².